The molecule has 10 heteroatoms. The first-order valence-corrected chi connectivity index (χ1v) is 8.59. The molecule has 0 spiro atoms. The third-order valence-electron chi connectivity index (χ3n) is 2.97. The summed E-state index contributed by atoms with van der Waals surface area (Å²) in [7, 11) is 0. The van der Waals surface area contributed by atoms with Crippen LogP contribution in [0.2, 0.25) is 0 Å². The number of rotatable bonds is 6. The van der Waals surface area contributed by atoms with E-state index in [9.17, 15) is 18.0 Å². The summed E-state index contributed by atoms with van der Waals surface area (Å²) in [5, 5.41) is 6.21. The number of halogens is 3. The van der Waals surface area contributed by atoms with E-state index in [2.05, 4.69) is 15.3 Å². The van der Waals surface area contributed by atoms with Crippen molar-refractivity contribution in [2.75, 3.05) is 6.54 Å². The molecule has 2 rings (SSSR count). The third-order valence-corrected chi connectivity index (χ3v) is 4.83. The average Bonchev–Trinajstić information content (AvgIpc) is 3.13. The Labute approximate surface area is 138 Å². The number of thiazole rings is 2. The number of alkyl halides is 3. The molecule has 1 atom stereocenters. The van der Waals surface area contributed by atoms with Gasteiger partial charge in [-0.15, -0.1) is 22.7 Å². The summed E-state index contributed by atoms with van der Waals surface area (Å²) in [5.41, 5.74) is 4.73. The minimum absolute atomic E-state index is 0.227. The fourth-order valence-corrected chi connectivity index (χ4v) is 3.56. The number of nitrogens with one attached hydrogen (secondary N) is 1. The minimum atomic E-state index is -4.48. The Morgan fingerprint density at radius 2 is 2.09 bits per heavy atom. The van der Waals surface area contributed by atoms with E-state index >= 15 is 0 Å². The lowest BCUT2D eigenvalue weighted by molar-refractivity contribution is -0.140. The Hall–Kier alpha value is -1.52. The molecule has 5 nitrogen and oxygen atoms in total. The van der Waals surface area contributed by atoms with Gasteiger partial charge in [0.25, 0.3) is 5.91 Å². The van der Waals surface area contributed by atoms with E-state index in [1.165, 1.54) is 11.3 Å². The van der Waals surface area contributed by atoms with Crippen LogP contribution in [-0.2, 0) is 12.6 Å². The largest absolute Gasteiger partial charge is 0.434 e. The van der Waals surface area contributed by atoms with Gasteiger partial charge in [-0.25, -0.2) is 9.97 Å². The summed E-state index contributed by atoms with van der Waals surface area (Å²) in [6.07, 6.45) is -3.48. The molecule has 0 aliphatic rings. The predicted molar refractivity (Wildman–Crippen MR) is 82.5 cm³/mol. The molecule has 0 fully saturated rings. The van der Waals surface area contributed by atoms with Gasteiger partial charge in [-0.1, -0.05) is 6.92 Å². The molecule has 2 aromatic heterocycles. The summed E-state index contributed by atoms with van der Waals surface area (Å²) in [6, 6.07) is -0.580. The van der Waals surface area contributed by atoms with Gasteiger partial charge >= 0.3 is 6.18 Å². The van der Waals surface area contributed by atoms with Crippen molar-refractivity contribution in [3.63, 3.8) is 0 Å². The highest BCUT2D eigenvalue weighted by molar-refractivity contribution is 7.10. The SMILES string of the molecule is CCC(NC(=O)c1csc(CCN)n1)c1nc(C(F)(F)F)cs1. The standard InChI is InChI=1S/C13H15F3N4OS2/c1-2-7(12-20-9(6-23-12)13(14,15)16)19-11(21)8-5-22-10(18-8)3-4-17/h5-7H,2-4,17H2,1H3,(H,19,21). The van der Waals surface area contributed by atoms with Gasteiger partial charge in [-0.3, -0.25) is 4.79 Å². The Balaban J connectivity index is 2.09. The van der Waals surface area contributed by atoms with Crippen LogP contribution in [0.25, 0.3) is 0 Å². The summed E-state index contributed by atoms with van der Waals surface area (Å²) >= 11 is 2.21. The van der Waals surface area contributed by atoms with E-state index in [-0.39, 0.29) is 10.7 Å². The molecule has 0 aliphatic heterocycles. The highest BCUT2D eigenvalue weighted by Crippen LogP contribution is 2.32. The zero-order valence-corrected chi connectivity index (χ0v) is 13.8. The quantitative estimate of drug-likeness (QED) is 0.826. The first kappa shape index (κ1) is 17.8. The maximum absolute atomic E-state index is 12.6. The summed E-state index contributed by atoms with van der Waals surface area (Å²) in [4.78, 5) is 19.9. The van der Waals surface area contributed by atoms with Crippen molar-refractivity contribution >= 4 is 28.6 Å². The van der Waals surface area contributed by atoms with E-state index in [1.807, 2.05) is 0 Å². The van der Waals surface area contributed by atoms with Crippen molar-refractivity contribution in [3.8, 4) is 0 Å². The predicted octanol–water partition coefficient (Wildman–Crippen LogP) is 3.00. The molecule has 0 bridgehead atoms. The van der Waals surface area contributed by atoms with Gasteiger partial charge in [0.15, 0.2) is 5.69 Å². The molecule has 0 saturated carbocycles. The molecule has 0 saturated heterocycles. The topological polar surface area (TPSA) is 80.9 Å². The second-order valence-electron chi connectivity index (χ2n) is 4.67. The van der Waals surface area contributed by atoms with Crippen molar-refractivity contribution in [2.24, 2.45) is 5.73 Å². The lowest BCUT2D eigenvalue weighted by atomic mass is 10.2. The number of nitrogens with two attached hydrogens (primary N) is 1. The molecule has 1 unspecified atom stereocenters. The highest BCUT2D eigenvalue weighted by Gasteiger charge is 2.34. The number of carbonyl (C=O) groups excluding carboxylic acids is 1. The maximum atomic E-state index is 12.6. The normalized spacial score (nSPS) is 13.1. The van der Waals surface area contributed by atoms with Gasteiger partial charge in [0, 0.05) is 17.2 Å². The number of nitrogens with zero attached hydrogens (tertiary/aromatic N) is 2. The average molecular weight is 364 g/mol. The lowest BCUT2D eigenvalue weighted by Gasteiger charge is -2.13. The number of aromatic nitrogens is 2. The van der Waals surface area contributed by atoms with Gasteiger partial charge in [0.05, 0.1) is 11.0 Å². The Kier molecular flexibility index (Phi) is 5.71. The first-order chi connectivity index (χ1) is 10.8. The van der Waals surface area contributed by atoms with Crippen LogP contribution in [0.4, 0.5) is 13.2 Å². The van der Waals surface area contributed by atoms with Crippen molar-refractivity contribution < 1.29 is 18.0 Å². The second-order valence-corrected chi connectivity index (χ2v) is 6.50. The maximum Gasteiger partial charge on any atom is 0.434 e. The van der Waals surface area contributed by atoms with E-state index in [1.54, 1.807) is 12.3 Å². The van der Waals surface area contributed by atoms with Crippen molar-refractivity contribution in [1.82, 2.24) is 15.3 Å². The van der Waals surface area contributed by atoms with Crippen LogP contribution in [0.15, 0.2) is 10.8 Å². The molecule has 0 aliphatic carbocycles. The molecule has 126 valence electrons. The van der Waals surface area contributed by atoms with Crippen LogP contribution in [0.3, 0.4) is 0 Å². The zero-order valence-electron chi connectivity index (χ0n) is 12.2. The van der Waals surface area contributed by atoms with E-state index in [0.717, 1.165) is 21.7 Å². The number of hydrogen-bond acceptors (Lipinski definition) is 6. The molecule has 2 aromatic rings. The molecular formula is C13H15F3N4OS2. The van der Waals surface area contributed by atoms with Crippen molar-refractivity contribution in [2.45, 2.75) is 32.0 Å². The Morgan fingerprint density at radius 3 is 2.65 bits per heavy atom. The van der Waals surface area contributed by atoms with Crippen LogP contribution >= 0.6 is 22.7 Å². The van der Waals surface area contributed by atoms with Crippen molar-refractivity contribution in [3.05, 3.63) is 32.2 Å². The molecule has 3 N–H and O–H groups in total. The van der Waals surface area contributed by atoms with Crippen LogP contribution in [-0.4, -0.2) is 22.4 Å². The van der Waals surface area contributed by atoms with Gasteiger partial charge in [0.1, 0.15) is 10.7 Å². The van der Waals surface area contributed by atoms with E-state index in [4.69, 9.17) is 5.73 Å². The molecule has 2 heterocycles. The van der Waals surface area contributed by atoms with Crippen molar-refractivity contribution in [1.29, 1.82) is 0 Å². The number of amides is 1. The fraction of sp³-hybridized carbons (Fsp3) is 0.462. The molecular weight excluding hydrogens is 349 g/mol. The zero-order chi connectivity index (χ0) is 17.0. The van der Waals surface area contributed by atoms with E-state index in [0.29, 0.717) is 19.4 Å². The summed E-state index contributed by atoms with van der Waals surface area (Å²) in [6.45, 7) is 2.20. The molecule has 0 aromatic carbocycles. The minimum Gasteiger partial charge on any atom is -0.341 e. The van der Waals surface area contributed by atoms with Gasteiger partial charge < -0.3 is 11.1 Å². The highest BCUT2D eigenvalue weighted by atomic mass is 32.1. The van der Waals surface area contributed by atoms with Crippen LogP contribution < -0.4 is 11.1 Å². The smallest absolute Gasteiger partial charge is 0.341 e. The lowest BCUT2D eigenvalue weighted by Crippen LogP contribution is -2.28. The van der Waals surface area contributed by atoms with Crippen LogP contribution in [0.5, 0.6) is 0 Å². The second kappa shape index (κ2) is 7.37. The van der Waals surface area contributed by atoms with Gasteiger partial charge in [-0.05, 0) is 13.0 Å². The molecule has 1 amide bonds. The monoisotopic (exact) mass is 364 g/mol. The van der Waals surface area contributed by atoms with Gasteiger partial charge in [-0.2, -0.15) is 13.2 Å². The van der Waals surface area contributed by atoms with Gasteiger partial charge in [0.2, 0.25) is 0 Å². The number of hydrogen-bond donors (Lipinski definition) is 2. The van der Waals surface area contributed by atoms with E-state index < -0.39 is 23.8 Å². The van der Waals surface area contributed by atoms with Crippen LogP contribution in [0, 0.1) is 0 Å². The Morgan fingerprint density at radius 1 is 1.35 bits per heavy atom. The number of carbonyl (C=O) groups is 1. The first-order valence-electron chi connectivity index (χ1n) is 6.83. The molecule has 0 radical (unpaired) electrons. The van der Waals surface area contributed by atoms with Crippen LogP contribution in [0.1, 0.15) is 45.6 Å². The fourth-order valence-electron chi connectivity index (χ4n) is 1.80. The summed E-state index contributed by atoms with van der Waals surface area (Å²) in [5.74, 6) is -0.430. The third kappa shape index (κ3) is 4.49. The summed E-state index contributed by atoms with van der Waals surface area (Å²) < 4.78 is 37.8. The Bertz CT molecular complexity index is 668. The molecule has 23 heavy (non-hydrogen) atoms.